The molecule has 2 aromatic heterocycles. The summed E-state index contributed by atoms with van der Waals surface area (Å²) in [6, 6.07) is 1.85. The topological polar surface area (TPSA) is 71.2 Å². The van der Waals surface area contributed by atoms with Gasteiger partial charge in [0, 0.05) is 31.2 Å². The van der Waals surface area contributed by atoms with Gasteiger partial charge in [-0.1, -0.05) is 0 Å². The van der Waals surface area contributed by atoms with Gasteiger partial charge in [-0.15, -0.1) is 0 Å². The number of carbonyl (C=O) groups is 1. The van der Waals surface area contributed by atoms with E-state index in [2.05, 4.69) is 10.1 Å². The van der Waals surface area contributed by atoms with E-state index < -0.39 is 0 Å². The second-order valence-electron chi connectivity index (χ2n) is 5.12. The Bertz CT molecular complexity index is 633. The van der Waals surface area contributed by atoms with Crippen molar-refractivity contribution in [3.05, 3.63) is 23.5 Å². The van der Waals surface area contributed by atoms with Crippen LogP contribution >= 0.6 is 0 Å². The fraction of sp³-hybridized carbons (Fsp3) is 0.500. The Hall–Kier alpha value is -1.95. The summed E-state index contributed by atoms with van der Waals surface area (Å²) < 4.78 is 1.70. The van der Waals surface area contributed by atoms with E-state index in [0.29, 0.717) is 12.1 Å². The van der Waals surface area contributed by atoms with E-state index in [0.717, 1.165) is 16.7 Å². The van der Waals surface area contributed by atoms with E-state index in [4.69, 9.17) is 5.11 Å². The van der Waals surface area contributed by atoms with E-state index in [9.17, 15) is 4.79 Å². The molecule has 0 unspecified atom stereocenters. The number of aromatic nitrogens is 3. The number of carbonyl (C=O) groups excluding carboxylic acids is 1. The van der Waals surface area contributed by atoms with Crippen LogP contribution in [0.15, 0.2) is 12.3 Å². The van der Waals surface area contributed by atoms with Gasteiger partial charge >= 0.3 is 0 Å². The van der Waals surface area contributed by atoms with Gasteiger partial charge in [-0.3, -0.25) is 9.48 Å². The second-order valence-corrected chi connectivity index (χ2v) is 5.12. The summed E-state index contributed by atoms with van der Waals surface area (Å²) in [7, 11) is 1.83. The normalized spacial score (nSPS) is 11.3. The van der Waals surface area contributed by atoms with E-state index in [1.165, 1.54) is 0 Å². The summed E-state index contributed by atoms with van der Waals surface area (Å²) in [6.07, 6.45) is 1.57. The van der Waals surface area contributed by atoms with Crippen molar-refractivity contribution in [3.8, 4) is 0 Å². The third-order valence-electron chi connectivity index (χ3n) is 3.34. The summed E-state index contributed by atoms with van der Waals surface area (Å²) in [5.41, 5.74) is 2.14. The number of amides is 1. The number of nitrogens with zero attached hydrogens (tertiary/aromatic N) is 4. The van der Waals surface area contributed by atoms with Crippen molar-refractivity contribution in [2.75, 3.05) is 13.2 Å². The first-order valence-electron chi connectivity index (χ1n) is 6.67. The maximum atomic E-state index is 12.5. The fourth-order valence-electron chi connectivity index (χ4n) is 2.29. The quantitative estimate of drug-likeness (QED) is 0.908. The molecule has 0 spiro atoms. The Morgan fingerprint density at radius 3 is 2.80 bits per heavy atom. The van der Waals surface area contributed by atoms with Gasteiger partial charge in [-0.05, 0) is 26.8 Å². The highest BCUT2D eigenvalue weighted by atomic mass is 16.3. The van der Waals surface area contributed by atoms with Gasteiger partial charge in [0.25, 0.3) is 5.91 Å². The minimum Gasteiger partial charge on any atom is -0.395 e. The van der Waals surface area contributed by atoms with Crippen molar-refractivity contribution in [2.24, 2.45) is 7.05 Å². The van der Waals surface area contributed by atoms with Crippen molar-refractivity contribution >= 4 is 16.9 Å². The van der Waals surface area contributed by atoms with Crippen LogP contribution in [0.25, 0.3) is 11.0 Å². The molecule has 20 heavy (non-hydrogen) atoms. The first-order valence-corrected chi connectivity index (χ1v) is 6.67. The molecule has 6 heteroatoms. The van der Waals surface area contributed by atoms with Crippen molar-refractivity contribution in [3.63, 3.8) is 0 Å². The highest BCUT2D eigenvalue weighted by molar-refractivity contribution is 5.97. The number of hydrogen-bond donors (Lipinski definition) is 1. The van der Waals surface area contributed by atoms with Crippen LogP contribution in [0.3, 0.4) is 0 Å². The number of pyridine rings is 1. The molecule has 0 aliphatic rings. The molecule has 0 aromatic carbocycles. The van der Waals surface area contributed by atoms with Gasteiger partial charge in [-0.2, -0.15) is 5.10 Å². The Kier molecular flexibility index (Phi) is 4.04. The van der Waals surface area contributed by atoms with Gasteiger partial charge in [0.2, 0.25) is 0 Å². The van der Waals surface area contributed by atoms with Gasteiger partial charge < -0.3 is 10.0 Å². The molecule has 0 bridgehead atoms. The molecule has 0 atom stereocenters. The van der Waals surface area contributed by atoms with Gasteiger partial charge in [0.15, 0.2) is 5.65 Å². The van der Waals surface area contributed by atoms with Crippen molar-refractivity contribution in [2.45, 2.75) is 26.8 Å². The molecule has 2 heterocycles. The molecule has 2 rings (SSSR count). The molecule has 0 saturated carbocycles. The molecule has 0 aliphatic carbocycles. The van der Waals surface area contributed by atoms with Crippen LogP contribution in [-0.4, -0.2) is 49.9 Å². The monoisotopic (exact) mass is 276 g/mol. The van der Waals surface area contributed by atoms with Crippen LogP contribution in [0, 0.1) is 6.92 Å². The summed E-state index contributed by atoms with van der Waals surface area (Å²) >= 11 is 0. The molecule has 0 fully saturated rings. The van der Waals surface area contributed by atoms with Crippen molar-refractivity contribution in [1.82, 2.24) is 19.7 Å². The lowest BCUT2D eigenvalue weighted by Gasteiger charge is -2.25. The van der Waals surface area contributed by atoms with Crippen molar-refractivity contribution < 1.29 is 9.90 Å². The molecule has 0 saturated heterocycles. The molecule has 2 aromatic rings. The van der Waals surface area contributed by atoms with Crippen LogP contribution in [0.5, 0.6) is 0 Å². The molecule has 1 amide bonds. The number of rotatable bonds is 4. The maximum Gasteiger partial charge on any atom is 0.255 e. The summed E-state index contributed by atoms with van der Waals surface area (Å²) in [4.78, 5) is 18.4. The number of aryl methyl sites for hydroxylation is 2. The van der Waals surface area contributed by atoms with Gasteiger partial charge in [0.1, 0.15) is 0 Å². The third-order valence-corrected chi connectivity index (χ3v) is 3.34. The molecule has 0 aliphatic heterocycles. The molecular formula is C14H20N4O2. The van der Waals surface area contributed by atoms with Crippen LogP contribution in [-0.2, 0) is 7.05 Å². The molecule has 1 N–H and O–H groups in total. The first-order chi connectivity index (χ1) is 9.45. The highest BCUT2D eigenvalue weighted by Gasteiger charge is 2.19. The van der Waals surface area contributed by atoms with Crippen molar-refractivity contribution in [1.29, 1.82) is 0 Å². The third kappa shape index (κ3) is 2.51. The maximum absolute atomic E-state index is 12.5. The number of fused-ring (bicyclic) bond motifs is 1. The zero-order valence-corrected chi connectivity index (χ0v) is 12.3. The molecule has 108 valence electrons. The number of hydrogen-bond acceptors (Lipinski definition) is 4. The zero-order chi connectivity index (χ0) is 14.9. The summed E-state index contributed by atoms with van der Waals surface area (Å²) in [6.45, 7) is 6.02. The Morgan fingerprint density at radius 1 is 1.50 bits per heavy atom. The largest absolute Gasteiger partial charge is 0.395 e. The van der Waals surface area contributed by atoms with Crippen LogP contribution < -0.4 is 0 Å². The van der Waals surface area contributed by atoms with Crippen LogP contribution in [0.2, 0.25) is 0 Å². The van der Waals surface area contributed by atoms with Crippen LogP contribution in [0.1, 0.15) is 29.9 Å². The Morgan fingerprint density at radius 2 is 2.20 bits per heavy atom. The number of aliphatic hydroxyl groups is 1. The molecular weight excluding hydrogens is 256 g/mol. The second kappa shape index (κ2) is 5.58. The average Bonchev–Trinajstić information content (AvgIpc) is 2.70. The average molecular weight is 276 g/mol. The van der Waals surface area contributed by atoms with Crippen LogP contribution in [0.4, 0.5) is 0 Å². The summed E-state index contributed by atoms with van der Waals surface area (Å²) in [5.74, 6) is -0.119. The predicted molar refractivity (Wildman–Crippen MR) is 76.5 cm³/mol. The molecule has 0 radical (unpaired) electrons. The molecule has 6 nitrogen and oxygen atoms in total. The SMILES string of the molecule is Cc1nn(C)c2ncc(C(=O)N(CCO)C(C)C)cc12. The predicted octanol–water partition coefficient (Wildman–Crippen LogP) is 1.12. The Labute approximate surface area is 118 Å². The lowest BCUT2D eigenvalue weighted by Crippen LogP contribution is -2.39. The van der Waals surface area contributed by atoms with Gasteiger partial charge in [0.05, 0.1) is 17.9 Å². The standard InChI is InChI=1S/C14H20N4O2/c1-9(2)18(5-6-19)14(20)11-7-12-10(3)16-17(4)13(12)15-8-11/h7-9,19H,5-6H2,1-4H3. The fourth-order valence-corrected chi connectivity index (χ4v) is 2.29. The minimum atomic E-state index is -0.119. The lowest BCUT2D eigenvalue weighted by atomic mass is 10.1. The van der Waals surface area contributed by atoms with E-state index in [1.807, 2.05) is 33.9 Å². The number of aliphatic hydroxyl groups excluding tert-OH is 1. The highest BCUT2D eigenvalue weighted by Crippen LogP contribution is 2.18. The smallest absolute Gasteiger partial charge is 0.255 e. The van der Waals surface area contributed by atoms with E-state index in [-0.39, 0.29) is 18.6 Å². The van der Waals surface area contributed by atoms with E-state index >= 15 is 0 Å². The summed E-state index contributed by atoms with van der Waals surface area (Å²) in [5, 5.41) is 14.3. The first kappa shape index (κ1) is 14.5. The van der Waals surface area contributed by atoms with Gasteiger partial charge in [-0.25, -0.2) is 4.98 Å². The zero-order valence-electron chi connectivity index (χ0n) is 12.3. The van der Waals surface area contributed by atoms with E-state index in [1.54, 1.807) is 15.8 Å². The lowest BCUT2D eigenvalue weighted by molar-refractivity contribution is 0.0665. The minimum absolute atomic E-state index is 0.0281. The Balaban J connectivity index is 2.41.